The number of halogens is 1. The fourth-order valence-electron chi connectivity index (χ4n) is 1.88. The Morgan fingerprint density at radius 1 is 1.26 bits per heavy atom. The second-order valence-corrected chi connectivity index (χ2v) is 6.78. The molecule has 0 spiro atoms. The molecule has 102 valence electrons. The maximum atomic E-state index is 5.93. The third-order valence-corrected chi connectivity index (χ3v) is 4.54. The molecule has 0 unspecified atom stereocenters. The van der Waals surface area contributed by atoms with Gasteiger partial charge in [0.1, 0.15) is 12.4 Å². The zero-order valence-electron chi connectivity index (χ0n) is 11.4. The normalized spacial score (nSPS) is 10.7. The van der Waals surface area contributed by atoms with Crippen molar-refractivity contribution in [3.05, 3.63) is 49.6 Å². The number of rotatable bonds is 5. The van der Waals surface area contributed by atoms with E-state index in [-0.39, 0.29) is 0 Å². The Bertz CT molecular complexity index is 565. The Hall–Kier alpha value is -0.840. The van der Waals surface area contributed by atoms with Crippen LogP contribution in [-0.2, 0) is 13.2 Å². The van der Waals surface area contributed by atoms with Crippen LogP contribution in [0.2, 0.25) is 0 Å². The molecular weight excluding hydrogens is 322 g/mol. The van der Waals surface area contributed by atoms with Crippen molar-refractivity contribution in [3.8, 4) is 5.75 Å². The van der Waals surface area contributed by atoms with Crippen molar-refractivity contribution < 1.29 is 4.74 Å². The van der Waals surface area contributed by atoms with Gasteiger partial charge in [-0.1, -0.05) is 22.0 Å². The SMILES string of the molecule is CNCc1cc(COc2cc(Br)ccc2C)c(C)s1. The van der Waals surface area contributed by atoms with Gasteiger partial charge in [-0.2, -0.15) is 0 Å². The summed E-state index contributed by atoms with van der Waals surface area (Å²) < 4.78 is 6.98. The monoisotopic (exact) mass is 339 g/mol. The van der Waals surface area contributed by atoms with Crippen molar-refractivity contribution in [2.24, 2.45) is 0 Å². The number of aryl methyl sites for hydroxylation is 2. The second-order valence-electron chi connectivity index (χ2n) is 4.52. The minimum Gasteiger partial charge on any atom is -0.489 e. The molecule has 0 bridgehead atoms. The first-order valence-electron chi connectivity index (χ1n) is 6.22. The van der Waals surface area contributed by atoms with Crippen molar-refractivity contribution in [3.63, 3.8) is 0 Å². The minimum absolute atomic E-state index is 0.628. The van der Waals surface area contributed by atoms with Crippen molar-refractivity contribution >= 4 is 27.3 Å². The van der Waals surface area contributed by atoms with Gasteiger partial charge < -0.3 is 10.1 Å². The van der Waals surface area contributed by atoms with Gasteiger partial charge >= 0.3 is 0 Å². The van der Waals surface area contributed by atoms with E-state index in [1.807, 2.05) is 30.5 Å². The summed E-state index contributed by atoms with van der Waals surface area (Å²) in [6.45, 7) is 5.76. The second kappa shape index (κ2) is 6.55. The van der Waals surface area contributed by atoms with E-state index in [1.165, 1.54) is 15.3 Å². The number of hydrogen-bond donors (Lipinski definition) is 1. The number of nitrogens with one attached hydrogen (secondary N) is 1. The molecule has 1 N–H and O–H groups in total. The summed E-state index contributed by atoms with van der Waals surface area (Å²) in [6, 6.07) is 8.34. The largest absolute Gasteiger partial charge is 0.489 e. The van der Waals surface area contributed by atoms with Crippen LogP contribution < -0.4 is 10.1 Å². The van der Waals surface area contributed by atoms with Gasteiger partial charge in [0.25, 0.3) is 0 Å². The Kier molecular flexibility index (Phi) is 5.02. The van der Waals surface area contributed by atoms with Gasteiger partial charge in [-0.25, -0.2) is 0 Å². The Morgan fingerprint density at radius 3 is 2.79 bits per heavy atom. The lowest BCUT2D eigenvalue weighted by Gasteiger charge is -2.09. The van der Waals surface area contributed by atoms with E-state index in [0.717, 1.165) is 22.3 Å². The molecule has 1 heterocycles. The highest BCUT2D eigenvalue weighted by atomic mass is 79.9. The lowest BCUT2D eigenvalue weighted by atomic mass is 10.2. The van der Waals surface area contributed by atoms with Gasteiger partial charge in [0.2, 0.25) is 0 Å². The van der Waals surface area contributed by atoms with Crippen LogP contribution in [0.25, 0.3) is 0 Å². The van der Waals surface area contributed by atoms with Crippen LogP contribution in [0.4, 0.5) is 0 Å². The Labute approximate surface area is 126 Å². The van der Waals surface area contributed by atoms with Crippen molar-refractivity contribution in [1.29, 1.82) is 0 Å². The summed E-state index contributed by atoms with van der Waals surface area (Å²) in [6.07, 6.45) is 0. The van der Waals surface area contributed by atoms with Crippen LogP contribution in [0.15, 0.2) is 28.7 Å². The molecule has 1 aromatic carbocycles. The Balaban J connectivity index is 2.07. The van der Waals surface area contributed by atoms with Gasteiger partial charge in [0, 0.05) is 26.3 Å². The highest BCUT2D eigenvalue weighted by Crippen LogP contribution is 2.26. The topological polar surface area (TPSA) is 21.3 Å². The highest BCUT2D eigenvalue weighted by Gasteiger charge is 2.07. The van der Waals surface area contributed by atoms with Gasteiger partial charge in [0.15, 0.2) is 0 Å². The molecule has 0 saturated carbocycles. The van der Waals surface area contributed by atoms with Gasteiger partial charge in [-0.05, 0) is 44.7 Å². The number of ether oxygens (including phenoxy) is 1. The molecule has 0 aliphatic carbocycles. The number of thiophene rings is 1. The lowest BCUT2D eigenvalue weighted by Crippen LogP contribution is -2.03. The summed E-state index contributed by atoms with van der Waals surface area (Å²) in [7, 11) is 1.97. The molecular formula is C15H18BrNOS. The quantitative estimate of drug-likeness (QED) is 0.870. The van der Waals surface area contributed by atoms with Crippen molar-refractivity contribution in [1.82, 2.24) is 5.32 Å². The van der Waals surface area contributed by atoms with E-state index in [1.54, 1.807) is 0 Å². The van der Waals surface area contributed by atoms with Crippen LogP contribution in [0.5, 0.6) is 5.75 Å². The first kappa shape index (κ1) is 14.6. The van der Waals surface area contributed by atoms with Crippen molar-refractivity contribution in [2.45, 2.75) is 27.0 Å². The fourth-order valence-corrected chi connectivity index (χ4v) is 3.28. The van der Waals surface area contributed by atoms with Crippen molar-refractivity contribution in [2.75, 3.05) is 7.05 Å². The molecule has 0 atom stereocenters. The fraction of sp³-hybridized carbons (Fsp3) is 0.333. The Morgan fingerprint density at radius 2 is 2.05 bits per heavy atom. The lowest BCUT2D eigenvalue weighted by molar-refractivity contribution is 0.303. The maximum Gasteiger partial charge on any atom is 0.123 e. The van der Waals surface area contributed by atoms with Crippen LogP contribution in [0.1, 0.15) is 20.9 Å². The molecule has 0 aliphatic rings. The molecule has 2 aromatic rings. The van der Waals surface area contributed by atoms with E-state index >= 15 is 0 Å². The van der Waals surface area contributed by atoms with Gasteiger partial charge in [0.05, 0.1) is 0 Å². The van der Waals surface area contributed by atoms with E-state index in [2.05, 4.69) is 47.2 Å². The average Bonchev–Trinajstić information content (AvgIpc) is 2.71. The molecule has 0 fully saturated rings. The summed E-state index contributed by atoms with van der Waals surface area (Å²) in [5.41, 5.74) is 2.43. The third-order valence-electron chi connectivity index (χ3n) is 2.96. The molecule has 1 aromatic heterocycles. The predicted molar refractivity (Wildman–Crippen MR) is 85.0 cm³/mol. The standard InChI is InChI=1S/C15H18BrNOS/c1-10-4-5-13(16)7-15(10)18-9-12-6-14(8-17-3)19-11(12)2/h4-7,17H,8-9H2,1-3H3. The van der Waals surface area contributed by atoms with Crippen LogP contribution in [0, 0.1) is 13.8 Å². The van der Waals surface area contributed by atoms with Crippen LogP contribution in [0.3, 0.4) is 0 Å². The van der Waals surface area contributed by atoms with E-state index in [0.29, 0.717) is 6.61 Å². The molecule has 4 heteroatoms. The molecule has 19 heavy (non-hydrogen) atoms. The van der Waals surface area contributed by atoms with Crippen LogP contribution >= 0.6 is 27.3 Å². The van der Waals surface area contributed by atoms with Gasteiger partial charge in [-0.15, -0.1) is 11.3 Å². The first-order chi connectivity index (χ1) is 9.10. The third kappa shape index (κ3) is 3.81. The highest BCUT2D eigenvalue weighted by molar-refractivity contribution is 9.10. The smallest absolute Gasteiger partial charge is 0.123 e. The van der Waals surface area contributed by atoms with E-state index in [4.69, 9.17) is 4.74 Å². The maximum absolute atomic E-state index is 5.93. The summed E-state index contributed by atoms with van der Waals surface area (Å²) in [4.78, 5) is 2.68. The first-order valence-corrected chi connectivity index (χ1v) is 7.83. The summed E-state index contributed by atoms with van der Waals surface area (Å²) in [5.74, 6) is 0.940. The minimum atomic E-state index is 0.628. The van der Waals surface area contributed by atoms with E-state index in [9.17, 15) is 0 Å². The molecule has 0 amide bonds. The zero-order chi connectivity index (χ0) is 13.8. The molecule has 0 radical (unpaired) electrons. The average molecular weight is 340 g/mol. The zero-order valence-corrected chi connectivity index (χ0v) is 13.8. The molecule has 0 saturated heterocycles. The summed E-state index contributed by atoms with van der Waals surface area (Å²) >= 11 is 5.31. The number of hydrogen-bond acceptors (Lipinski definition) is 3. The summed E-state index contributed by atoms with van der Waals surface area (Å²) in [5, 5.41) is 3.18. The van der Waals surface area contributed by atoms with Gasteiger partial charge in [-0.3, -0.25) is 0 Å². The van der Waals surface area contributed by atoms with E-state index < -0.39 is 0 Å². The molecule has 0 aliphatic heterocycles. The molecule has 2 rings (SSSR count). The van der Waals surface area contributed by atoms with Crippen LogP contribution in [-0.4, -0.2) is 7.05 Å². The molecule has 2 nitrogen and oxygen atoms in total. The predicted octanol–water partition coefficient (Wildman–Crippen LogP) is 4.43. The number of benzene rings is 1.